The van der Waals surface area contributed by atoms with Gasteiger partial charge in [-0.1, -0.05) is 19.8 Å². The van der Waals surface area contributed by atoms with Crippen molar-refractivity contribution in [2.45, 2.75) is 57.9 Å². The van der Waals surface area contributed by atoms with Gasteiger partial charge in [-0.15, -0.1) is 11.6 Å². The summed E-state index contributed by atoms with van der Waals surface area (Å²) in [5.41, 5.74) is 3.30. The Balaban J connectivity index is 2.13. The van der Waals surface area contributed by atoms with Gasteiger partial charge in [-0.05, 0) is 32.1 Å². The second-order valence-electron chi connectivity index (χ2n) is 5.96. The summed E-state index contributed by atoms with van der Waals surface area (Å²) in [7, 11) is 2.02. The fraction of sp³-hybridized carbons (Fsp3) is 0.733. The lowest BCUT2D eigenvalue weighted by molar-refractivity contribution is 0.222. The van der Waals surface area contributed by atoms with E-state index in [-0.39, 0.29) is 0 Å². The van der Waals surface area contributed by atoms with Gasteiger partial charge in [0.25, 0.3) is 0 Å². The van der Waals surface area contributed by atoms with Crippen molar-refractivity contribution in [2.24, 2.45) is 13.0 Å². The van der Waals surface area contributed by atoms with Crippen LogP contribution in [0, 0.1) is 5.92 Å². The van der Waals surface area contributed by atoms with Crippen LogP contribution in [-0.2, 0) is 19.3 Å². The number of hydrogen-bond acceptors (Lipinski definition) is 2. The predicted molar refractivity (Wildman–Crippen MR) is 82.1 cm³/mol. The lowest BCUT2D eigenvalue weighted by atomic mass is 9.80. The molecule has 0 radical (unpaired) electrons. The van der Waals surface area contributed by atoms with Crippen molar-refractivity contribution in [1.29, 1.82) is 0 Å². The number of alkyl halides is 1. The van der Waals surface area contributed by atoms with E-state index in [9.17, 15) is 0 Å². The second-order valence-corrected chi connectivity index (χ2v) is 6.22. The molecule has 20 heavy (non-hydrogen) atoms. The van der Waals surface area contributed by atoms with Crippen LogP contribution in [0.2, 0.25) is 0 Å². The smallest absolute Gasteiger partial charge is 0.158 e. The summed E-state index contributed by atoms with van der Waals surface area (Å²) in [6.07, 6.45) is 6.07. The molecule has 2 heterocycles. The molecule has 1 aliphatic rings. The molecule has 0 bridgehead atoms. The standard InChI is InChI=1S/C15H23ClN4/c1-4-6-12-14-15(19(3)18-12)20(13(9-16)17-14)10(2)11-7-5-8-11/h10-11H,4-9H2,1-3H3. The Kier molecular flexibility index (Phi) is 3.76. The van der Waals surface area contributed by atoms with Crippen LogP contribution in [0.1, 0.15) is 57.1 Å². The van der Waals surface area contributed by atoms with Crippen LogP contribution in [-0.4, -0.2) is 19.3 Å². The summed E-state index contributed by atoms with van der Waals surface area (Å²) < 4.78 is 4.32. The first kappa shape index (κ1) is 13.9. The lowest BCUT2D eigenvalue weighted by Gasteiger charge is -2.33. The molecule has 4 nitrogen and oxygen atoms in total. The van der Waals surface area contributed by atoms with E-state index in [2.05, 4.69) is 23.5 Å². The van der Waals surface area contributed by atoms with Crippen molar-refractivity contribution >= 4 is 22.8 Å². The highest BCUT2D eigenvalue weighted by molar-refractivity contribution is 6.16. The molecule has 3 rings (SSSR count). The molecule has 2 aromatic heterocycles. The normalized spacial score (nSPS) is 17.6. The summed E-state index contributed by atoms with van der Waals surface area (Å²) in [6, 6.07) is 0.465. The largest absolute Gasteiger partial charge is 0.309 e. The number of imidazole rings is 1. The summed E-state index contributed by atoms with van der Waals surface area (Å²) >= 11 is 6.14. The average Bonchev–Trinajstić information content (AvgIpc) is 2.86. The highest BCUT2D eigenvalue weighted by atomic mass is 35.5. The maximum atomic E-state index is 6.14. The second kappa shape index (κ2) is 5.40. The Morgan fingerprint density at radius 3 is 2.70 bits per heavy atom. The van der Waals surface area contributed by atoms with E-state index >= 15 is 0 Å². The van der Waals surface area contributed by atoms with Crippen molar-refractivity contribution in [3.63, 3.8) is 0 Å². The fourth-order valence-corrected chi connectivity index (χ4v) is 3.50. The number of halogens is 1. The molecule has 0 N–H and O–H groups in total. The van der Waals surface area contributed by atoms with Crippen molar-refractivity contribution in [1.82, 2.24) is 19.3 Å². The Labute approximate surface area is 125 Å². The molecule has 0 saturated heterocycles. The van der Waals surface area contributed by atoms with Gasteiger partial charge in [0.2, 0.25) is 0 Å². The minimum atomic E-state index is 0.465. The van der Waals surface area contributed by atoms with E-state index in [1.54, 1.807) is 0 Å². The number of hydrogen-bond donors (Lipinski definition) is 0. The van der Waals surface area contributed by atoms with Gasteiger partial charge >= 0.3 is 0 Å². The topological polar surface area (TPSA) is 35.6 Å². The van der Waals surface area contributed by atoms with E-state index in [4.69, 9.17) is 16.6 Å². The number of rotatable bonds is 5. The van der Waals surface area contributed by atoms with Crippen LogP contribution in [0.25, 0.3) is 11.2 Å². The van der Waals surface area contributed by atoms with Gasteiger partial charge in [0.05, 0.1) is 11.6 Å². The molecule has 5 heteroatoms. The fourth-order valence-electron chi connectivity index (χ4n) is 3.31. The SMILES string of the molecule is CCCc1nn(C)c2c1nc(CCl)n2C(C)C1CCC1. The zero-order valence-electron chi connectivity index (χ0n) is 12.6. The van der Waals surface area contributed by atoms with Gasteiger partial charge in [0, 0.05) is 13.1 Å². The molecule has 1 saturated carbocycles. The lowest BCUT2D eigenvalue weighted by Crippen LogP contribution is -2.24. The van der Waals surface area contributed by atoms with Crippen LogP contribution in [0.4, 0.5) is 0 Å². The first-order valence-corrected chi connectivity index (χ1v) is 8.19. The Morgan fingerprint density at radius 1 is 1.40 bits per heavy atom. The highest BCUT2D eigenvalue weighted by Gasteiger charge is 2.29. The molecular weight excluding hydrogens is 272 g/mol. The molecule has 0 spiro atoms. The molecule has 1 fully saturated rings. The van der Waals surface area contributed by atoms with E-state index < -0.39 is 0 Å². The number of aromatic nitrogens is 4. The van der Waals surface area contributed by atoms with Crippen molar-refractivity contribution < 1.29 is 0 Å². The highest BCUT2D eigenvalue weighted by Crippen LogP contribution is 2.38. The van der Waals surface area contributed by atoms with Gasteiger partial charge in [-0.2, -0.15) is 5.10 Å². The van der Waals surface area contributed by atoms with Crippen LogP contribution < -0.4 is 0 Å². The molecule has 110 valence electrons. The molecule has 0 amide bonds. The van der Waals surface area contributed by atoms with Gasteiger partial charge in [0.15, 0.2) is 5.65 Å². The van der Waals surface area contributed by atoms with E-state index in [1.807, 2.05) is 11.7 Å². The quantitative estimate of drug-likeness (QED) is 0.786. The number of fused-ring (bicyclic) bond motifs is 1. The van der Waals surface area contributed by atoms with Crippen LogP contribution in [0.15, 0.2) is 0 Å². The first-order valence-electron chi connectivity index (χ1n) is 7.66. The maximum absolute atomic E-state index is 6.14. The first-order chi connectivity index (χ1) is 9.67. The summed E-state index contributed by atoms with van der Waals surface area (Å²) in [5, 5.41) is 4.65. The van der Waals surface area contributed by atoms with Gasteiger partial charge in [0.1, 0.15) is 11.3 Å². The van der Waals surface area contributed by atoms with E-state index in [0.717, 1.165) is 41.4 Å². The molecule has 1 atom stereocenters. The molecule has 1 aliphatic carbocycles. The molecular formula is C15H23ClN4. The van der Waals surface area contributed by atoms with Crippen LogP contribution in [0.5, 0.6) is 0 Å². The van der Waals surface area contributed by atoms with Crippen LogP contribution in [0.3, 0.4) is 0 Å². The molecule has 0 aliphatic heterocycles. The zero-order chi connectivity index (χ0) is 14.3. The molecule has 1 unspecified atom stereocenters. The average molecular weight is 295 g/mol. The van der Waals surface area contributed by atoms with Crippen molar-refractivity contribution in [3.05, 3.63) is 11.5 Å². The van der Waals surface area contributed by atoms with E-state index in [1.165, 1.54) is 19.3 Å². The Bertz CT molecular complexity index is 609. The van der Waals surface area contributed by atoms with Crippen LogP contribution >= 0.6 is 11.6 Å². The number of nitrogens with zero attached hydrogens (tertiary/aromatic N) is 4. The van der Waals surface area contributed by atoms with Crippen molar-refractivity contribution in [3.8, 4) is 0 Å². The third-order valence-electron chi connectivity index (χ3n) is 4.66. The maximum Gasteiger partial charge on any atom is 0.158 e. The predicted octanol–water partition coefficient (Wildman–Crippen LogP) is 3.82. The third kappa shape index (κ3) is 2.05. The van der Waals surface area contributed by atoms with Gasteiger partial charge in [-0.3, -0.25) is 4.68 Å². The zero-order valence-corrected chi connectivity index (χ0v) is 13.3. The van der Waals surface area contributed by atoms with Gasteiger partial charge in [-0.25, -0.2) is 4.98 Å². The number of aryl methyl sites for hydroxylation is 2. The third-order valence-corrected chi connectivity index (χ3v) is 4.89. The minimum Gasteiger partial charge on any atom is -0.309 e. The molecule has 0 aromatic carbocycles. The summed E-state index contributed by atoms with van der Waals surface area (Å²) in [4.78, 5) is 4.78. The Morgan fingerprint density at radius 2 is 2.15 bits per heavy atom. The van der Waals surface area contributed by atoms with Gasteiger partial charge < -0.3 is 4.57 Å². The summed E-state index contributed by atoms with van der Waals surface area (Å²) in [5.74, 6) is 2.22. The van der Waals surface area contributed by atoms with E-state index in [0.29, 0.717) is 11.9 Å². The Hall–Kier alpha value is -1.03. The van der Waals surface area contributed by atoms with Crippen molar-refractivity contribution in [2.75, 3.05) is 0 Å². The molecule has 2 aromatic rings. The monoisotopic (exact) mass is 294 g/mol. The minimum absolute atomic E-state index is 0.465. The summed E-state index contributed by atoms with van der Waals surface area (Å²) in [6.45, 7) is 4.48.